The fourth-order valence-electron chi connectivity index (χ4n) is 6.34. The van der Waals surface area contributed by atoms with Gasteiger partial charge in [-0.25, -0.2) is 0 Å². The van der Waals surface area contributed by atoms with Gasteiger partial charge in [0.2, 0.25) is 11.8 Å². The van der Waals surface area contributed by atoms with Crippen LogP contribution in [0.4, 0.5) is 0 Å². The average Bonchev–Trinajstić information content (AvgIpc) is 3.25. The third-order valence-electron chi connectivity index (χ3n) is 8.87. The minimum atomic E-state index is -4.59. The van der Waals surface area contributed by atoms with Crippen molar-refractivity contribution in [3.8, 4) is 11.5 Å². The maximum atomic E-state index is 14.0. The van der Waals surface area contributed by atoms with Gasteiger partial charge in [-0.05, 0) is 60.2 Å². The topological polar surface area (TPSA) is 272 Å². The number of hydrogen-bond acceptors (Lipinski definition) is 6. The van der Waals surface area contributed by atoms with E-state index in [4.69, 9.17) is 15.2 Å². The van der Waals surface area contributed by atoms with E-state index in [-0.39, 0.29) is 46.0 Å². The highest BCUT2D eigenvalue weighted by Gasteiger charge is 2.30. The number of fused-ring (bicyclic) bond motifs is 1. The molecule has 3 aromatic carbocycles. The van der Waals surface area contributed by atoms with Gasteiger partial charge in [0.25, 0.3) is 5.91 Å². The number of carbonyl (C=O) groups is 3. The molecule has 1 fully saturated rings. The summed E-state index contributed by atoms with van der Waals surface area (Å²) >= 11 is 0. The number of primary amides is 1. The molecule has 1 saturated carbocycles. The SMILES string of the molecule is NC(=O)c1cc2c(cc1OCC1CCCCC1)OCCC[C@@H]2NC(=O)[C@H](Cc1ccc(P)c(P(=O)(O)O)c1)NC(=O)Cc1ccccc1.O.O.O. The molecule has 2 aliphatic rings. The van der Waals surface area contributed by atoms with Crippen molar-refractivity contribution in [3.05, 3.63) is 82.9 Å². The Morgan fingerprint density at radius 1 is 0.941 bits per heavy atom. The quantitative estimate of drug-likeness (QED) is 0.165. The predicted octanol–water partition coefficient (Wildman–Crippen LogP) is 0.874. The van der Waals surface area contributed by atoms with Crippen LogP contribution in [0.1, 0.15) is 78.0 Å². The molecule has 3 amide bonds. The third-order valence-corrected chi connectivity index (χ3v) is 10.6. The van der Waals surface area contributed by atoms with Crippen molar-refractivity contribution in [2.24, 2.45) is 11.7 Å². The van der Waals surface area contributed by atoms with Crippen molar-refractivity contribution in [2.75, 3.05) is 13.2 Å². The summed E-state index contributed by atoms with van der Waals surface area (Å²) in [6, 6.07) is 15.3. The highest BCUT2D eigenvalue weighted by molar-refractivity contribution is 7.61. The lowest BCUT2D eigenvalue weighted by atomic mass is 9.90. The molecule has 3 aromatic rings. The van der Waals surface area contributed by atoms with Gasteiger partial charge >= 0.3 is 7.60 Å². The number of nitrogens with two attached hydrogens (primary N) is 1. The lowest BCUT2D eigenvalue weighted by Gasteiger charge is -2.25. The van der Waals surface area contributed by atoms with Crippen molar-refractivity contribution in [3.63, 3.8) is 0 Å². The van der Waals surface area contributed by atoms with E-state index in [1.54, 1.807) is 24.3 Å². The highest BCUT2D eigenvalue weighted by atomic mass is 31.2. The first-order valence-corrected chi connectivity index (χ1v) is 18.5. The summed E-state index contributed by atoms with van der Waals surface area (Å²) in [5.41, 5.74) is 7.79. The zero-order valence-corrected chi connectivity index (χ0v) is 30.3. The van der Waals surface area contributed by atoms with E-state index < -0.39 is 31.5 Å². The molecule has 1 aliphatic heterocycles. The molecule has 3 atom stereocenters. The van der Waals surface area contributed by atoms with Crippen molar-refractivity contribution in [1.82, 2.24) is 10.6 Å². The standard InChI is InChI=1S/C35H43N3O8P2.3H2O/c36-34(40)26-19-25-27(12-7-15-45-29(25)20-30(26)46-21-23-10-5-2-6-11-23)38-35(41)28(37-33(39)18-22-8-3-1-4-9-22)16-24-13-14-31(47)32(17-24)48(42,43)44;;;/h1,3-4,8-9,13-14,17,19-20,23,27-28H,2,5-7,10-12,15-16,18,21,47H2,(H2,36,40)(H,37,39)(H,38,41)(H2,42,43,44);3*1H2/t27-,28-;;;/m0.../s1. The van der Waals surface area contributed by atoms with Crippen LogP contribution in [-0.4, -0.2) is 63.2 Å². The summed E-state index contributed by atoms with van der Waals surface area (Å²) in [6.07, 6.45) is 6.80. The van der Waals surface area contributed by atoms with Crippen molar-refractivity contribution < 1.29 is 54.6 Å². The molecule has 14 nitrogen and oxygen atoms in total. The fourth-order valence-corrected chi connectivity index (χ4v) is 7.76. The van der Waals surface area contributed by atoms with Gasteiger partial charge in [0.05, 0.1) is 36.5 Å². The van der Waals surface area contributed by atoms with E-state index in [1.807, 2.05) is 30.3 Å². The summed E-state index contributed by atoms with van der Waals surface area (Å²) in [5, 5.41) is 6.04. The van der Waals surface area contributed by atoms with Crippen LogP contribution in [-0.2, 0) is 27.0 Å². The van der Waals surface area contributed by atoms with Crippen molar-refractivity contribution in [2.45, 2.75) is 69.9 Å². The predicted molar refractivity (Wildman–Crippen MR) is 197 cm³/mol. The number of rotatable bonds is 12. The molecule has 0 aromatic heterocycles. The molecular formula is C35H49N3O11P2. The summed E-state index contributed by atoms with van der Waals surface area (Å²) < 4.78 is 24.3. The minimum absolute atomic E-state index is 0. The maximum Gasteiger partial charge on any atom is 0.356 e. The zero-order chi connectivity index (χ0) is 34.3. The molecule has 12 N–H and O–H groups in total. The molecule has 1 aliphatic carbocycles. The number of benzene rings is 3. The Morgan fingerprint density at radius 2 is 1.65 bits per heavy atom. The number of hydrogen-bond donors (Lipinski definition) is 5. The summed E-state index contributed by atoms with van der Waals surface area (Å²) in [6.45, 7) is 0.867. The number of ether oxygens (including phenoxy) is 2. The second-order valence-corrected chi connectivity index (χ2v) is 14.7. The van der Waals surface area contributed by atoms with Gasteiger partial charge in [-0.1, -0.05) is 61.7 Å². The van der Waals surface area contributed by atoms with E-state index in [0.717, 1.165) is 31.2 Å². The van der Waals surface area contributed by atoms with Crippen molar-refractivity contribution in [1.29, 1.82) is 0 Å². The molecule has 0 bridgehead atoms. The van der Waals surface area contributed by atoms with Crippen LogP contribution in [0.3, 0.4) is 0 Å². The molecule has 51 heavy (non-hydrogen) atoms. The summed E-state index contributed by atoms with van der Waals surface area (Å²) in [7, 11) is -2.29. The van der Waals surface area contributed by atoms with Crippen LogP contribution in [0, 0.1) is 5.92 Å². The number of nitrogens with one attached hydrogen (secondary N) is 2. The molecule has 0 radical (unpaired) electrons. The molecule has 0 saturated heterocycles. The molecular weight excluding hydrogens is 700 g/mol. The minimum Gasteiger partial charge on any atom is -0.493 e. The fraction of sp³-hybridized carbons (Fsp3) is 0.400. The Kier molecular flexibility index (Phi) is 16.7. The van der Waals surface area contributed by atoms with Gasteiger partial charge in [-0.2, -0.15) is 0 Å². The van der Waals surface area contributed by atoms with E-state index in [2.05, 4.69) is 19.9 Å². The van der Waals surface area contributed by atoms with E-state index >= 15 is 0 Å². The van der Waals surface area contributed by atoms with Gasteiger partial charge < -0.3 is 52.1 Å². The molecule has 0 spiro atoms. The van der Waals surface area contributed by atoms with Gasteiger partial charge in [0, 0.05) is 18.1 Å². The van der Waals surface area contributed by atoms with Crippen LogP contribution in [0.15, 0.2) is 60.7 Å². The molecule has 1 unspecified atom stereocenters. The summed E-state index contributed by atoms with van der Waals surface area (Å²) in [4.78, 5) is 59.5. The van der Waals surface area contributed by atoms with Crippen LogP contribution < -0.4 is 36.5 Å². The normalized spacial score (nSPS) is 16.3. The monoisotopic (exact) mass is 749 g/mol. The first kappa shape index (κ1) is 43.3. The second-order valence-electron chi connectivity index (χ2n) is 12.5. The van der Waals surface area contributed by atoms with Crippen LogP contribution in [0.5, 0.6) is 11.5 Å². The van der Waals surface area contributed by atoms with Crippen molar-refractivity contribution >= 4 is 45.2 Å². The van der Waals surface area contributed by atoms with Gasteiger partial charge in [0.1, 0.15) is 17.5 Å². The molecule has 280 valence electrons. The Hall–Kier alpha value is -3.87. The Bertz CT molecular complexity index is 1680. The van der Waals surface area contributed by atoms with Crippen LogP contribution >= 0.6 is 16.8 Å². The van der Waals surface area contributed by atoms with Crippen LogP contribution in [0.25, 0.3) is 0 Å². The Labute approximate surface area is 299 Å². The number of carbonyl (C=O) groups excluding carboxylic acids is 3. The third kappa shape index (κ3) is 11.8. The largest absolute Gasteiger partial charge is 0.493 e. The first-order chi connectivity index (χ1) is 23.0. The average molecular weight is 750 g/mol. The van der Waals surface area contributed by atoms with E-state index in [1.165, 1.54) is 12.5 Å². The van der Waals surface area contributed by atoms with Crippen LogP contribution in [0.2, 0.25) is 0 Å². The van der Waals surface area contributed by atoms with Gasteiger partial charge in [0.15, 0.2) is 0 Å². The lowest BCUT2D eigenvalue weighted by molar-refractivity contribution is -0.129. The number of amides is 3. The first-order valence-electron chi connectivity index (χ1n) is 16.3. The molecule has 5 rings (SSSR count). The Morgan fingerprint density at radius 3 is 2.31 bits per heavy atom. The van der Waals surface area contributed by atoms with Gasteiger partial charge in [-0.15, -0.1) is 9.24 Å². The van der Waals surface area contributed by atoms with E-state index in [9.17, 15) is 28.7 Å². The summed E-state index contributed by atoms with van der Waals surface area (Å²) in [5.74, 6) is -0.308. The molecule has 16 heteroatoms. The zero-order valence-electron chi connectivity index (χ0n) is 28.2. The second kappa shape index (κ2) is 19.7. The lowest BCUT2D eigenvalue weighted by Crippen LogP contribution is -2.49. The van der Waals surface area contributed by atoms with Gasteiger partial charge in [-0.3, -0.25) is 18.9 Å². The molecule has 1 heterocycles. The highest BCUT2D eigenvalue weighted by Crippen LogP contribution is 2.38. The Balaban J connectivity index is 0.00000300. The smallest absolute Gasteiger partial charge is 0.356 e. The van der Waals surface area contributed by atoms with E-state index in [0.29, 0.717) is 59.9 Å². The maximum absolute atomic E-state index is 14.0.